The molecule has 0 aliphatic rings. The molecule has 3 rings (SSSR count). The second kappa shape index (κ2) is 10.4. The van der Waals surface area contributed by atoms with E-state index in [2.05, 4.69) is 25.7 Å². The molecule has 0 spiro atoms. The third-order valence-electron chi connectivity index (χ3n) is 4.77. The molecule has 0 aliphatic carbocycles. The Morgan fingerprint density at radius 3 is 2.55 bits per heavy atom. The topological polar surface area (TPSA) is 140 Å². The normalized spacial score (nSPS) is 10.5. The van der Waals surface area contributed by atoms with Crippen molar-refractivity contribution in [3.05, 3.63) is 57.6 Å². The number of amides is 2. The SMILES string of the molecule is CCc1cc(=O)[nH]c(-n2nc(C)cc2NC(=O)C(=O)NCCc2ccc(OC)c(OC)c2)n1. The molecule has 0 aliphatic heterocycles. The summed E-state index contributed by atoms with van der Waals surface area (Å²) in [5, 5.41) is 9.36. The number of carbonyl (C=O) groups is 2. The molecule has 2 amide bonds. The van der Waals surface area contributed by atoms with Crippen molar-refractivity contribution in [2.45, 2.75) is 26.7 Å². The monoisotopic (exact) mass is 454 g/mol. The van der Waals surface area contributed by atoms with E-state index < -0.39 is 11.8 Å². The molecule has 1 aromatic carbocycles. The molecule has 0 fully saturated rings. The van der Waals surface area contributed by atoms with Crippen molar-refractivity contribution in [3.63, 3.8) is 0 Å². The van der Waals surface area contributed by atoms with E-state index in [1.54, 1.807) is 33.3 Å². The summed E-state index contributed by atoms with van der Waals surface area (Å²) < 4.78 is 11.8. The van der Waals surface area contributed by atoms with E-state index in [1.165, 1.54) is 10.7 Å². The zero-order chi connectivity index (χ0) is 24.0. The van der Waals surface area contributed by atoms with Crippen LogP contribution >= 0.6 is 0 Å². The molecule has 0 bridgehead atoms. The van der Waals surface area contributed by atoms with E-state index in [9.17, 15) is 14.4 Å². The van der Waals surface area contributed by atoms with Crippen LogP contribution in [0.15, 0.2) is 35.1 Å². The summed E-state index contributed by atoms with van der Waals surface area (Å²) in [5.74, 6) is -0.110. The fourth-order valence-electron chi connectivity index (χ4n) is 3.14. The van der Waals surface area contributed by atoms with Gasteiger partial charge in [0.2, 0.25) is 5.95 Å². The number of hydrogen-bond donors (Lipinski definition) is 3. The summed E-state index contributed by atoms with van der Waals surface area (Å²) in [6.07, 6.45) is 1.05. The third kappa shape index (κ3) is 5.76. The van der Waals surface area contributed by atoms with Gasteiger partial charge in [-0.25, -0.2) is 4.98 Å². The lowest BCUT2D eigenvalue weighted by Crippen LogP contribution is -2.37. The first-order valence-corrected chi connectivity index (χ1v) is 10.3. The Bertz CT molecular complexity index is 1220. The lowest BCUT2D eigenvalue weighted by Gasteiger charge is -2.11. The first-order valence-electron chi connectivity index (χ1n) is 10.3. The molecular weight excluding hydrogens is 428 g/mol. The maximum atomic E-state index is 12.4. The van der Waals surface area contributed by atoms with E-state index in [0.717, 1.165) is 5.56 Å². The molecule has 3 N–H and O–H groups in total. The maximum absolute atomic E-state index is 12.4. The van der Waals surface area contributed by atoms with E-state index in [1.807, 2.05) is 19.1 Å². The highest BCUT2D eigenvalue weighted by atomic mass is 16.5. The fraction of sp³-hybridized carbons (Fsp3) is 0.318. The van der Waals surface area contributed by atoms with Gasteiger partial charge in [-0.2, -0.15) is 9.78 Å². The number of nitrogens with one attached hydrogen (secondary N) is 3. The molecule has 2 heterocycles. The Kier molecular flexibility index (Phi) is 7.44. The number of H-pyrrole nitrogens is 1. The van der Waals surface area contributed by atoms with Crippen LogP contribution in [0.25, 0.3) is 5.95 Å². The number of ether oxygens (including phenoxy) is 2. The highest BCUT2D eigenvalue weighted by Gasteiger charge is 2.18. The Hall–Kier alpha value is -4.15. The number of aromatic nitrogens is 4. The Balaban J connectivity index is 1.64. The van der Waals surface area contributed by atoms with Crippen LogP contribution in [0.1, 0.15) is 23.9 Å². The van der Waals surface area contributed by atoms with Gasteiger partial charge >= 0.3 is 11.8 Å². The highest BCUT2D eigenvalue weighted by molar-refractivity contribution is 6.39. The summed E-state index contributed by atoms with van der Waals surface area (Å²) >= 11 is 0. The van der Waals surface area contributed by atoms with Gasteiger partial charge in [-0.1, -0.05) is 13.0 Å². The molecular formula is C22H26N6O5. The zero-order valence-electron chi connectivity index (χ0n) is 18.9. The minimum atomic E-state index is -0.863. The van der Waals surface area contributed by atoms with Gasteiger partial charge in [0.1, 0.15) is 5.82 Å². The summed E-state index contributed by atoms with van der Waals surface area (Å²) in [5.41, 5.74) is 1.72. The van der Waals surface area contributed by atoms with Crippen LogP contribution in [0.2, 0.25) is 0 Å². The fourth-order valence-corrected chi connectivity index (χ4v) is 3.14. The molecule has 0 saturated carbocycles. The zero-order valence-corrected chi connectivity index (χ0v) is 18.9. The van der Waals surface area contributed by atoms with Crippen LogP contribution in [-0.4, -0.2) is 52.3 Å². The third-order valence-corrected chi connectivity index (χ3v) is 4.77. The lowest BCUT2D eigenvalue weighted by atomic mass is 10.1. The first kappa shape index (κ1) is 23.5. The molecule has 3 aromatic rings. The Labute approximate surface area is 190 Å². The minimum absolute atomic E-state index is 0.150. The average Bonchev–Trinajstić information content (AvgIpc) is 3.18. The lowest BCUT2D eigenvalue weighted by molar-refractivity contribution is -0.136. The van der Waals surface area contributed by atoms with Crippen LogP contribution in [0.5, 0.6) is 11.5 Å². The van der Waals surface area contributed by atoms with E-state index in [-0.39, 0.29) is 23.9 Å². The summed E-state index contributed by atoms with van der Waals surface area (Å²) in [6, 6.07) is 8.41. The van der Waals surface area contributed by atoms with Gasteiger partial charge in [-0.3, -0.25) is 19.4 Å². The van der Waals surface area contributed by atoms with Crippen LogP contribution < -0.4 is 25.7 Å². The molecule has 2 aromatic heterocycles. The molecule has 0 radical (unpaired) electrons. The van der Waals surface area contributed by atoms with Gasteiger partial charge in [0.25, 0.3) is 5.56 Å². The highest BCUT2D eigenvalue weighted by Crippen LogP contribution is 2.27. The Morgan fingerprint density at radius 1 is 1.09 bits per heavy atom. The van der Waals surface area contributed by atoms with Crippen LogP contribution in [0.3, 0.4) is 0 Å². The van der Waals surface area contributed by atoms with E-state index in [0.29, 0.717) is 35.7 Å². The molecule has 33 heavy (non-hydrogen) atoms. The van der Waals surface area contributed by atoms with E-state index >= 15 is 0 Å². The predicted octanol–water partition coefficient (Wildman–Crippen LogP) is 1.14. The van der Waals surface area contributed by atoms with Crippen LogP contribution in [0, 0.1) is 6.92 Å². The largest absolute Gasteiger partial charge is 0.493 e. The van der Waals surface area contributed by atoms with Crippen molar-refractivity contribution in [2.75, 3.05) is 26.1 Å². The summed E-state index contributed by atoms with van der Waals surface area (Å²) in [6.45, 7) is 3.83. The molecule has 0 unspecified atom stereocenters. The van der Waals surface area contributed by atoms with Crippen molar-refractivity contribution in [2.24, 2.45) is 0 Å². The smallest absolute Gasteiger partial charge is 0.314 e. The van der Waals surface area contributed by atoms with Crippen LogP contribution in [0.4, 0.5) is 5.82 Å². The number of rotatable bonds is 8. The number of benzene rings is 1. The molecule has 11 nitrogen and oxygen atoms in total. The molecule has 0 saturated heterocycles. The van der Waals surface area contributed by atoms with Gasteiger partial charge in [-0.15, -0.1) is 0 Å². The van der Waals surface area contributed by atoms with Crippen molar-refractivity contribution in [3.8, 4) is 17.4 Å². The minimum Gasteiger partial charge on any atom is -0.493 e. The van der Waals surface area contributed by atoms with Crippen molar-refractivity contribution >= 4 is 17.6 Å². The number of methoxy groups -OCH3 is 2. The number of aryl methyl sites for hydroxylation is 2. The van der Waals surface area contributed by atoms with Crippen LogP contribution in [-0.2, 0) is 22.4 Å². The molecule has 0 atom stereocenters. The standard InChI is InChI=1S/C22H26N6O5/c1-5-15-12-19(29)26-22(24-15)28-18(10-13(2)27-28)25-21(31)20(30)23-9-8-14-6-7-16(32-3)17(11-14)33-4/h6-7,10-12H,5,8-9H2,1-4H3,(H,23,30)(H,25,31)(H,24,26,29). The Morgan fingerprint density at radius 2 is 1.85 bits per heavy atom. The van der Waals surface area contributed by atoms with Crippen molar-refractivity contribution in [1.29, 1.82) is 0 Å². The van der Waals surface area contributed by atoms with Gasteiger partial charge in [-0.05, 0) is 37.5 Å². The predicted molar refractivity (Wildman–Crippen MR) is 121 cm³/mol. The van der Waals surface area contributed by atoms with Gasteiger partial charge in [0.05, 0.1) is 19.9 Å². The molecule has 174 valence electrons. The van der Waals surface area contributed by atoms with Gasteiger partial charge in [0.15, 0.2) is 11.5 Å². The number of carbonyl (C=O) groups excluding carboxylic acids is 2. The van der Waals surface area contributed by atoms with E-state index in [4.69, 9.17) is 9.47 Å². The number of hydrogen-bond acceptors (Lipinski definition) is 7. The quantitative estimate of drug-likeness (QED) is 0.434. The van der Waals surface area contributed by atoms with Crippen molar-refractivity contribution < 1.29 is 19.1 Å². The van der Waals surface area contributed by atoms with Gasteiger partial charge in [0, 0.05) is 24.4 Å². The molecule has 11 heteroatoms. The number of nitrogens with zero attached hydrogens (tertiary/aromatic N) is 3. The summed E-state index contributed by atoms with van der Waals surface area (Å²) in [7, 11) is 3.10. The average molecular weight is 454 g/mol. The maximum Gasteiger partial charge on any atom is 0.314 e. The van der Waals surface area contributed by atoms with Crippen molar-refractivity contribution in [1.82, 2.24) is 25.1 Å². The summed E-state index contributed by atoms with van der Waals surface area (Å²) in [4.78, 5) is 43.5. The second-order valence-electron chi connectivity index (χ2n) is 7.15. The van der Waals surface area contributed by atoms with Gasteiger partial charge < -0.3 is 20.1 Å². The number of aromatic amines is 1. The first-order chi connectivity index (χ1) is 15.8. The second-order valence-corrected chi connectivity index (χ2v) is 7.15. The number of anilines is 1.